The Morgan fingerprint density at radius 3 is 2.53 bits per heavy atom. The van der Waals surface area contributed by atoms with Crippen molar-refractivity contribution in [3.8, 4) is 0 Å². The first-order valence-corrected chi connectivity index (χ1v) is 10.9. The quantitative estimate of drug-likeness (QED) is 0.620. The molecule has 1 amide bonds. The van der Waals surface area contributed by atoms with E-state index in [1.807, 2.05) is 54.3 Å². The minimum atomic E-state index is 0.0554. The molecule has 0 atom stereocenters. The fourth-order valence-corrected chi connectivity index (χ4v) is 4.11. The molecule has 3 aromatic rings. The number of halogens is 1. The summed E-state index contributed by atoms with van der Waals surface area (Å²) in [6.07, 6.45) is 2.84. The van der Waals surface area contributed by atoms with Crippen LogP contribution in [0.4, 0.5) is 11.5 Å². The Kier molecular flexibility index (Phi) is 6.21. The van der Waals surface area contributed by atoms with Crippen LogP contribution in [0.15, 0.2) is 48.7 Å². The third-order valence-corrected chi connectivity index (χ3v) is 6.07. The number of pyridine rings is 1. The lowest BCUT2D eigenvalue weighted by atomic mass is 10.1. The number of hydrogen-bond acceptors (Lipinski definition) is 4. The number of nitrogens with zero attached hydrogens (tertiary/aromatic N) is 3. The van der Waals surface area contributed by atoms with Gasteiger partial charge in [0, 0.05) is 48.5 Å². The van der Waals surface area contributed by atoms with Crippen molar-refractivity contribution in [1.29, 1.82) is 0 Å². The molecule has 1 aliphatic heterocycles. The summed E-state index contributed by atoms with van der Waals surface area (Å²) in [6, 6.07) is 13.8. The number of anilines is 2. The van der Waals surface area contributed by atoms with Gasteiger partial charge in [0.1, 0.15) is 5.82 Å². The molecule has 1 aliphatic rings. The molecule has 0 saturated carbocycles. The number of aryl methyl sites for hydroxylation is 1. The first-order valence-electron chi connectivity index (χ1n) is 10.5. The van der Waals surface area contributed by atoms with E-state index in [1.54, 1.807) is 6.20 Å². The van der Waals surface area contributed by atoms with Gasteiger partial charge in [0.05, 0.1) is 5.56 Å². The summed E-state index contributed by atoms with van der Waals surface area (Å²) in [5, 5.41) is 5.89. The lowest BCUT2D eigenvalue weighted by Crippen LogP contribution is -2.48. The number of amides is 1. The topological polar surface area (TPSA) is 48.5 Å². The number of piperazine rings is 1. The molecule has 0 aliphatic carbocycles. The molecular formula is C24H27ClN4O. The predicted octanol–water partition coefficient (Wildman–Crippen LogP) is 5.11. The van der Waals surface area contributed by atoms with Gasteiger partial charge in [-0.1, -0.05) is 48.9 Å². The van der Waals surface area contributed by atoms with Crippen LogP contribution in [0.2, 0.25) is 5.02 Å². The second-order valence-electron chi connectivity index (χ2n) is 7.79. The molecule has 156 valence electrons. The Bertz CT molecular complexity index is 1060. The molecule has 6 heteroatoms. The third kappa shape index (κ3) is 4.27. The number of nitrogens with one attached hydrogen (secondary N) is 1. The van der Waals surface area contributed by atoms with Gasteiger partial charge in [-0.3, -0.25) is 9.69 Å². The molecule has 0 spiro atoms. The van der Waals surface area contributed by atoms with Crippen LogP contribution in [0.5, 0.6) is 0 Å². The number of carbonyl (C=O) groups is 1. The van der Waals surface area contributed by atoms with Gasteiger partial charge in [0.15, 0.2) is 0 Å². The Morgan fingerprint density at radius 1 is 1.10 bits per heavy atom. The summed E-state index contributed by atoms with van der Waals surface area (Å²) in [7, 11) is 0. The van der Waals surface area contributed by atoms with E-state index >= 15 is 0 Å². The fourth-order valence-electron chi connectivity index (χ4n) is 3.93. The van der Waals surface area contributed by atoms with Crippen LogP contribution in [0.3, 0.4) is 0 Å². The average Bonchev–Trinajstić information content (AvgIpc) is 2.77. The first kappa shape index (κ1) is 20.6. The number of carbonyl (C=O) groups excluding carboxylic acids is 1. The highest BCUT2D eigenvalue weighted by Crippen LogP contribution is 2.29. The number of fused-ring (bicyclic) bond motifs is 1. The van der Waals surface area contributed by atoms with E-state index in [-0.39, 0.29) is 5.91 Å². The summed E-state index contributed by atoms with van der Waals surface area (Å²) in [5.41, 5.74) is 2.55. The highest BCUT2D eigenvalue weighted by atomic mass is 35.5. The van der Waals surface area contributed by atoms with Crippen molar-refractivity contribution >= 4 is 39.8 Å². The maximum atomic E-state index is 13.3. The van der Waals surface area contributed by atoms with Gasteiger partial charge in [0.2, 0.25) is 0 Å². The Labute approximate surface area is 182 Å². The number of benzene rings is 2. The van der Waals surface area contributed by atoms with Gasteiger partial charge in [-0.05, 0) is 43.0 Å². The maximum Gasteiger partial charge on any atom is 0.256 e. The molecule has 1 fully saturated rings. The molecular weight excluding hydrogens is 396 g/mol. The predicted molar refractivity (Wildman–Crippen MR) is 124 cm³/mol. The molecule has 1 N–H and O–H groups in total. The Balaban J connectivity index is 1.61. The van der Waals surface area contributed by atoms with Crippen LogP contribution in [0.1, 0.15) is 29.3 Å². The zero-order valence-corrected chi connectivity index (χ0v) is 18.2. The highest BCUT2D eigenvalue weighted by Gasteiger charge is 2.24. The number of hydrogen-bond donors (Lipinski definition) is 1. The van der Waals surface area contributed by atoms with Crippen LogP contribution in [0, 0.1) is 6.92 Å². The molecule has 1 saturated heterocycles. The van der Waals surface area contributed by atoms with Crippen molar-refractivity contribution in [2.75, 3.05) is 38.0 Å². The van der Waals surface area contributed by atoms with E-state index in [4.69, 9.17) is 11.6 Å². The normalized spacial score (nSPS) is 14.8. The van der Waals surface area contributed by atoms with Crippen molar-refractivity contribution in [3.63, 3.8) is 0 Å². The maximum absolute atomic E-state index is 13.3. The van der Waals surface area contributed by atoms with Gasteiger partial charge >= 0.3 is 0 Å². The molecule has 30 heavy (non-hydrogen) atoms. The molecule has 0 unspecified atom stereocenters. The SMILES string of the molecule is CCCN1CCN(C(=O)c2cnc(Nc3ccc(C)c(Cl)c3)c3ccccc23)CC1. The standard InChI is InChI=1S/C24H27ClN4O/c1-3-10-28-11-13-29(14-12-28)24(30)21-16-26-23(20-7-5-4-6-19(20)21)27-18-9-8-17(2)22(25)15-18/h4-9,15-16H,3,10-14H2,1-2H3,(H,26,27). The molecule has 2 heterocycles. The lowest BCUT2D eigenvalue weighted by molar-refractivity contribution is 0.0639. The second-order valence-corrected chi connectivity index (χ2v) is 8.20. The van der Waals surface area contributed by atoms with E-state index in [2.05, 4.69) is 22.1 Å². The fraction of sp³-hybridized carbons (Fsp3) is 0.333. The van der Waals surface area contributed by atoms with Crippen molar-refractivity contribution in [3.05, 3.63) is 64.8 Å². The van der Waals surface area contributed by atoms with Crippen molar-refractivity contribution < 1.29 is 4.79 Å². The van der Waals surface area contributed by atoms with Gasteiger partial charge in [-0.15, -0.1) is 0 Å². The minimum absolute atomic E-state index is 0.0554. The highest BCUT2D eigenvalue weighted by molar-refractivity contribution is 6.31. The van der Waals surface area contributed by atoms with Crippen LogP contribution >= 0.6 is 11.6 Å². The summed E-state index contributed by atoms with van der Waals surface area (Å²) >= 11 is 6.27. The largest absolute Gasteiger partial charge is 0.340 e. The van der Waals surface area contributed by atoms with E-state index in [0.29, 0.717) is 10.6 Å². The van der Waals surface area contributed by atoms with E-state index in [0.717, 1.165) is 67.0 Å². The van der Waals surface area contributed by atoms with Gasteiger partial charge in [-0.2, -0.15) is 0 Å². The molecule has 2 aromatic carbocycles. The van der Waals surface area contributed by atoms with Crippen molar-refractivity contribution in [2.24, 2.45) is 0 Å². The summed E-state index contributed by atoms with van der Waals surface area (Å²) in [6.45, 7) is 8.63. The lowest BCUT2D eigenvalue weighted by Gasteiger charge is -2.34. The first-order chi connectivity index (χ1) is 14.6. The van der Waals surface area contributed by atoms with Crippen LogP contribution in [-0.2, 0) is 0 Å². The van der Waals surface area contributed by atoms with Gasteiger partial charge in [0.25, 0.3) is 5.91 Å². The Hall–Kier alpha value is -2.63. The summed E-state index contributed by atoms with van der Waals surface area (Å²) < 4.78 is 0. The van der Waals surface area contributed by atoms with Crippen molar-refractivity contribution in [1.82, 2.24) is 14.8 Å². The van der Waals surface area contributed by atoms with Gasteiger partial charge < -0.3 is 10.2 Å². The zero-order chi connectivity index (χ0) is 21.1. The summed E-state index contributed by atoms with van der Waals surface area (Å²) in [5.74, 6) is 0.773. The zero-order valence-electron chi connectivity index (χ0n) is 17.5. The van der Waals surface area contributed by atoms with E-state index in [1.165, 1.54) is 0 Å². The third-order valence-electron chi connectivity index (χ3n) is 5.66. The van der Waals surface area contributed by atoms with Crippen molar-refractivity contribution in [2.45, 2.75) is 20.3 Å². The van der Waals surface area contributed by atoms with Gasteiger partial charge in [-0.25, -0.2) is 4.98 Å². The molecule has 0 radical (unpaired) electrons. The summed E-state index contributed by atoms with van der Waals surface area (Å²) in [4.78, 5) is 22.2. The minimum Gasteiger partial charge on any atom is -0.340 e. The Morgan fingerprint density at radius 2 is 1.83 bits per heavy atom. The van der Waals surface area contributed by atoms with Crippen LogP contribution < -0.4 is 5.32 Å². The molecule has 1 aromatic heterocycles. The smallest absolute Gasteiger partial charge is 0.256 e. The molecule has 0 bridgehead atoms. The molecule has 5 nitrogen and oxygen atoms in total. The second kappa shape index (κ2) is 9.02. The molecule has 4 rings (SSSR count). The average molecular weight is 423 g/mol. The van der Waals surface area contributed by atoms with Crippen LogP contribution in [0.25, 0.3) is 10.8 Å². The number of rotatable bonds is 5. The van der Waals surface area contributed by atoms with Crippen LogP contribution in [-0.4, -0.2) is 53.4 Å². The van der Waals surface area contributed by atoms with E-state index in [9.17, 15) is 4.79 Å². The number of aromatic nitrogens is 1. The van der Waals surface area contributed by atoms with E-state index < -0.39 is 0 Å². The monoisotopic (exact) mass is 422 g/mol.